The van der Waals surface area contributed by atoms with Crippen molar-refractivity contribution in [2.75, 3.05) is 13.2 Å². The molecule has 0 aliphatic heterocycles. The molecule has 2 fully saturated rings. The molecule has 3 aliphatic rings. The lowest BCUT2D eigenvalue weighted by molar-refractivity contribution is -0.141. The first-order chi connectivity index (χ1) is 16.5. The molecule has 3 N–H and O–H groups in total. The van der Waals surface area contributed by atoms with Crippen LogP contribution in [0.4, 0.5) is 4.79 Å². The van der Waals surface area contributed by atoms with Gasteiger partial charge in [-0.15, -0.1) is 0 Å². The van der Waals surface area contributed by atoms with Gasteiger partial charge in [-0.25, -0.2) is 4.79 Å². The monoisotopic (exact) mass is 462 g/mol. The zero-order valence-electron chi connectivity index (χ0n) is 19.0. The zero-order chi connectivity index (χ0) is 23.7. The highest BCUT2D eigenvalue weighted by Crippen LogP contribution is 2.49. The predicted molar refractivity (Wildman–Crippen MR) is 126 cm³/mol. The molecule has 0 aromatic heterocycles. The van der Waals surface area contributed by atoms with Crippen molar-refractivity contribution in [3.05, 3.63) is 59.7 Å². The second kappa shape index (κ2) is 9.49. The van der Waals surface area contributed by atoms with E-state index < -0.39 is 12.1 Å². The van der Waals surface area contributed by atoms with Crippen LogP contribution >= 0.6 is 0 Å². The molecule has 3 aliphatic carbocycles. The Morgan fingerprint density at radius 1 is 0.941 bits per heavy atom. The molecule has 178 valence electrons. The number of hydrogen-bond donors (Lipinski definition) is 3. The number of fused-ring (bicyclic) bond motifs is 4. The highest BCUT2D eigenvalue weighted by atomic mass is 16.5. The van der Waals surface area contributed by atoms with E-state index >= 15 is 0 Å². The molecule has 7 nitrogen and oxygen atoms in total. The molecule has 2 aromatic rings. The average Bonchev–Trinajstić information content (AvgIpc) is 3.34. The van der Waals surface area contributed by atoms with Gasteiger partial charge >= 0.3 is 12.1 Å². The summed E-state index contributed by atoms with van der Waals surface area (Å²) in [5.41, 5.74) is 4.71. The van der Waals surface area contributed by atoms with Gasteiger partial charge in [0.1, 0.15) is 6.61 Å². The SMILES string of the molecule is O=C(CCCNC(=O)OCC1c2ccccc2-c2ccccc21)N[C@H]1C[C@H]2CC(C(=O)O)C[C@H]21. The van der Waals surface area contributed by atoms with E-state index in [-0.39, 0.29) is 30.4 Å². The van der Waals surface area contributed by atoms with Crippen LogP contribution in [-0.2, 0) is 14.3 Å². The highest BCUT2D eigenvalue weighted by Gasteiger charge is 2.49. The van der Waals surface area contributed by atoms with Crippen LogP contribution in [0.1, 0.15) is 49.1 Å². The summed E-state index contributed by atoms with van der Waals surface area (Å²) >= 11 is 0. The molecule has 7 heteroatoms. The number of carbonyl (C=O) groups excluding carboxylic acids is 2. The van der Waals surface area contributed by atoms with Crippen LogP contribution in [0.25, 0.3) is 11.1 Å². The van der Waals surface area contributed by atoms with E-state index in [1.807, 2.05) is 24.3 Å². The molecule has 5 rings (SSSR count). The van der Waals surface area contributed by atoms with E-state index in [9.17, 15) is 19.5 Å². The molecule has 2 aromatic carbocycles. The maximum Gasteiger partial charge on any atom is 0.407 e. The van der Waals surface area contributed by atoms with Gasteiger partial charge in [0.25, 0.3) is 0 Å². The minimum atomic E-state index is -0.723. The fourth-order valence-electron chi connectivity index (χ4n) is 5.96. The number of alkyl carbamates (subject to hydrolysis) is 1. The Hall–Kier alpha value is -3.35. The molecule has 0 spiro atoms. The topological polar surface area (TPSA) is 105 Å². The molecular formula is C27H30N2O5. The Morgan fingerprint density at radius 3 is 2.29 bits per heavy atom. The molecule has 0 bridgehead atoms. The van der Waals surface area contributed by atoms with Crippen molar-refractivity contribution in [3.63, 3.8) is 0 Å². The van der Waals surface area contributed by atoms with Gasteiger partial charge in [0.2, 0.25) is 5.91 Å². The minimum Gasteiger partial charge on any atom is -0.481 e. The van der Waals surface area contributed by atoms with Crippen LogP contribution in [0.5, 0.6) is 0 Å². The quantitative estimate of drug-likeness (QED) is 0.516. The van der Waals surface area contributed by atoms with Crippen molar-refractivity contribution in [2.24, 2.45) is 17.8 Å². The van der Waals surface area contributed by atoms with E-state index in [2.05, 4.69) is 34.9 Å². The number of aliphatic carboxylic acids is 1. The number of carboxylic acids is 1. The number of carbonyl (C=O) groups is 3. The minimum absolute atomic E-state index is 0.0199. The molecule has 1 unspecified atom stereocenters. The first-order valence-corrected chi connectivity index (χ1v) is 12.1. The number of nitrogens with one attached hydrogen (secondary N) is 2. The van der Waals surface area contributed by atoms with Gasteiger partial charge < -0.3 is 20.5 Å². The van der Waals surface area contributed by atoms with Crippen LogP contribution < -0.4 is 10.6 Å². The third-order valence-corrected chi connectivity index (χ3v) is 7.71. The normalized spacial score (nSPS) is 24.4. The third-order valence-electron chi connectivity index (χ3n) is 7.71. The maximum absolute atomic E-state index is 12.3. The van der Waals surface area contributed by atoms with Crippen molar-refractivity contribution < 1.29 is 24.2 Å². The Balaban J connectivity index is 1.02. The first-order valence-electron chi connectivity index (χ1n) is 12.1. The number of hydrogen-bond acceptors (Lipinski definition) is 4. The van der Waals surface area contributed by atoms with Gasteiger partial charge in [0, 0.05) is 24.9 Å². The van der Waals surface area contributed by atoms with Crippen LogP contribution in [0.3, 0.4) is 0 Å². The van der Waals surface area contributed by atoms with E-state index in [0.717, 1.165) is 12.8 Å². The van der Waals surface area contributed by atoms with Crippen LogP contribution in [0, 0.1) is 17.8 Å². The highest BCUT2D eigenvalue weighted by molar-refractivity contribution is 5.79. The van der Waals surface area contributed by atoms with Crippen LogP contribution in [-0.4, -0.2) is 42.3 Å². The van der Waals surface area contributed by atoms with E-state index in [1.165, 1.54) is 22.3 Å². The van der Waals surface area contributed by atoms with Gasteiger partial charge in [-0.1, -0.05) is 48.5 Å². The van der Waals surface area contributed by atoms with Gasteiger partial charge in [0.15, 0.2) is 0 Å². The van der Waals surface area contributed by atoms with Gasteiger partial charge in [-0.3, -0.25) is 9.59 Å². The molecule has 2 amide bonds. The Bertz CT molecular complexity index is 1050. The third kappa shape index (κ3) is 4.39. The predicted octanol–water partition coefficient (Wildman–Crippen LogP) is 3.92. The number of benzene rings is 2. The van der Waals surface area contributed by atoms with Crippen LogP contribution in [0.2, 0.25) is 0 Å². The van der Waals surface area contributed by atoms with Gasteiger partial charge in [-0.2, -0.15) is 0 Å². The number of amides is 2. The molecule has 4 atom stereocenters. The molecule has 34 heavy (non-hydrogen) atoms. The van der Waals surface area contributed by atoms with E-state index in [1.54, 1.807) is 0 Å². The Morgan fingerprint density at radius 2 is 1.62 bits per heavy atom. The van der Waals surface area contributed by atoms with Crippen molar-refractivity contribution in [2.45, 2.75) is 44.1 Å². The summed E-state index contributed by atoms with van der Waals surface area (Å²) in [5.74, 6) is -0.286. The van der Waals surface area contributed by atoms with Crippen molar-refractivity contribution in [1.29, 1.82) is 0 Å². The largest absolute Gasteiger partial charge is 0.481 e. The Kier molecular flexibility index (Phi) is 6.26. The lowest BCUT2D eigenvalue weighted by atomic mass is 9.71. The van der Waals surface area contributed by atoms with Crippen LogP contribution in [0.15, 0.2) is 48.5 Å². The van der Waals surface area contributed by atoms with Crippen molar-refractivity contribution in [3.8, 4) is 11.1 Å². The fourth-order valence-corrected chi connectivity index (χ4v) is 5.96. The number of rotatable bonds is 8. The molecule has 0 saturated heterocycles. The standard InChI is InChI=1S/C27H30N2O5/c30-25(29-24-14-16-12-17(26(31)32)13-22(16)24)10-5-11-28-27(33)34-15-23-20-8-3-1-6-18(20)19-7-2-4-9-21(19)23/h1-4,6-9,16-17,22-24H,5,10-15H2,(H,28,33)(H,29,30)(H,31,32)/t16-,17?,22-,24+/m1/s1. The summed E-state index contributed by atoms with van der Waals surface area (Å²) in [5, 5.41) is 15.0. The summed E-state index contributed by atoms with van der Waals surface area (Å²) in [6.07, 6.45) is 2.63. The second-order valence-electron chi connectivity index (χ2n) is 9.70. The van der Waals surface area contributed by atoms with Crippen molar-refractivity contribution >= 4 is 18.0 Å². The fraction of sp³-hybridized carbons (Fsp3) is 0.444. The summed E-state index contributed by atoms with van der Waals surface area (Å²) in [6, 6.07) is 16.5. The number of carboxylic acid groups (broad SMARTS) is 1. The summed E-state index contributed by atoms with van der Waals surface area (Å²) in [6.45, 7) is 0.629. The number of ether oxygens (including phenoxy) is 1. The zero-order valence-corrected chi connectivity index (χ0v) is 19.0. The smallest absolute Gasteiger partial charge is 0.407 e. The molecule has 0 radical (unpaired) electrons. The summed E-state index contributed by atoms with van der Waals surface area (Å²) in [7, 11) is 0. The average molecular weight is 463 g/mol. The summed E-state index contributed by atoms with van der Waals surface area (Å²) < 4.78 is 5.52. The lowest BCUT2D eigenvalue weighted by Crippen LogP contribution is -2.50. The first kappa shape index (κ1) is 22.4. The summed E-state index contributed by atoms with van der Waals surface area (Å²) in [4.78, 5) is 35.7. The molecule has 2 saturated carbocycles. The Labute approximate surface area is 198 Å². The molecule has 0 heterocycles. The van der Waals surface area contributed by atoms with Gasteiger partial charge in [-0.05, 0) is 59.8 Å². The lowest BCUT2D eigenvalue weighted by Gasteiger charge is -2.40. The van der Waals surface area contributed by atoms with E-state index in [4.69, 9.17) is 4.74 Å². The second-order valence-corrected chi connectivity index (χ2v) is 9.70. The van der Waals surface area contributed by atoms with Crippen molar-refractivity contribution in [1.82, 2.24) is 10.6 Å². The van der Waals surface area contributed by atoms with E-state index in [0.29, 0.717) is 37.6 Å². The molecular weight excluding hydrogens is 432 g/mol. The van der Waals surface area contributed by atoms with Gasteiger partial charge in [0.05, 0.1) is 5.92 Å². The maximum atomic E-state index is 12.3.